The number of nitrogens with one attached hydrogen (secondary N) is 1. The number of pyridine rings is 2. The molecule has 0 aliphatic heterocycles. The molecule has 118 valence electrons. The van der Waals surface area contributed by atoms with E-state index in [4.69, 9.17) is 4.98 Å². The van der Waals surface area contributed by atoms with Gasteiger partial charge in [0.15, 0.2) is 5.78 Å². The molecule has 3 aromatic rings. The molecule has 0 bridgehead atoms. The van der Waals surface area contributed by atoms with Crippen LogP contribution in [0.25, 0.3) is 21.7 Å². The highest BCUT2D eigenvalue weighted by molar-refractivity contribution is 6.11. The van der Waals surface area contributed by atoms with Crippen LogP contribution in [0.4, 0.5) is 5.82 Å². The van der Waals surface area contributed by atoms with Gasteiger partial charge in [-0.3, -0.25) is 9.78 Å². The van der Waals surface area contributed by atoms with Crippen molar-refractivity contribution in [3.05, 3.63) is 42.2 Å². The fraction of sp³-hybridized carbons (Fsp3) is 0.316. The van der Waals surface area contributed by atoms with Crippen molar-refractivity contribution in [2.75, 3.05) is 11.9 Å². The molecule has 0 saturated carbocycles. The van der Waals surface area contributed by atoms with E-state index >= 15 is 0 Å². The summed E-state index contributed by atoms with van der Waals surface area (Å²) in [7, 11) is 0. The van der Waals surface area contributed by atoms with E-state index in [1.807, 2.05) is 37.4 Å². The first kappa shape index (κ1) is 15.4. The van der Waals surface area contributed by atoms with Gasteiger partial charge in [-0.25, -0.2) is 4.98 Å². The largest absolute Gasteiger partial charge is 0.370 e. The highest BCUT2D eigenvalue weighted by Gasteiger charge is 2.10. The Morgan fingerprint density at radius 1 is 1.13 bits per heavy atom. The van der Waals surface area contributed by atoms with Gasteiger partial charge in [0.1, 0.15) is 5.82 Å². The summed E-state index contributed by atoms with van der Waals surface area (Å²) in [5.41, 5.74) is 1.55. The molecule has 4 nitrogen and oxygen atoms in total. The minimum atomic E-state index is 0.139. The Balaban J connectivity index is 2.17. The first-order valence-electron chi connectivity index (χ1n) is 8.19. The van der Waals surface area contributed by atoms with Gasteiger partial charge in [-0.15, -0.1) is 0 Å². The molecule has 0 saturated heterocycles. The quantitative estimate of drug-likeness (QED) is 0.411. The fourth-order valence-electron chi connectivity index (χ4n) is 2.74. The van der Waals surface area contributed by atoms with E-state index in [9.17, 15) is 4.79 Å². The zero-order chi connectivity index (χ0) is 16.2. The van der Waals surface area contributed by atoms with E-state index in [-0.39, 0.29) is 5.78 Å². The molecule has 1 aromatic carbocycles. The molecule has 0 aliphatic carbocycles. The van der Waals surface area contributed by atoms with Crippen LogP contribution in [0.2, 0.25) is 0 Å². The van der Waals surface area contributed by atoms with Gasteiger partial charge in [0, 0.05) is 47.1 Å². The molecule has 1 N–H and O–H groups in total. The highest BCUT2D eigenvalue weighted by Crippen LogP contribution is 2.29. The van der Waals surface area contributed by atoms with E-state index in [0.717, 1.165) is 52.4 Å². The Kier molecular flexibility index (Phi) is 4.51. The van der Waals surface area contributed by atoms with Crippen LogP contribution in [0.15, 0.2) is 36.7 Å². The summed E-state index contributed by atoms with van der Waals surface area (Å²) >= 11 is 0. The monoisotopic (exact) mass is 307 g/mol. The molecule has 0 aliphatic rings. The van der Waals surface area contributed by atoms with E-state index in [0.29, 0.717) is 6.42 Å². The lowest BCUT2D eigenvalue weighted by molar-refractivity contribution is 0.0988. The predicted octanol–water partition coefficient (Wildman–Crippen LogP) is 4.59. The van der Waals surface area contributed by atoms with Gasteiger partial charge in [-0.05, 0) is 18.6 Å². The average molecular weight is 307 g/mol. The van der Waals surface area contributed by atoms with Crippen molar-refractivity contribution in [3.8, 4) is 0 Å². The lowest BCUT2D eigenvalue weighted by Gasteiger charge is -2.11. The number of hydrogen-bond acceptors (Lipinski definition) is 4. The normalized spacial score (nSPS) is 11.0. The minimum Gasteiger partial charge on any atom is -0.370 e. The first-order chi connectivity index (χ1) is 11.2. The summed E-state index contributed by atoms with van der Waals surface area (Å²) in [5, 5.41) is 6.58. The van der Waals surface area contributed by atoms with Crippen molar-refractivity contribution < 1.29 is 4.79 Å². The maximum Gasteiger partial charge on any atom is 0.162 e. The Labute approximate surface area is 136 Å². The number of Topliss-reactive ketones (excluding diaryl/α,β-unsaturated/α-hetero) is 1. The maximum absolute atomic E-state index is 12.0. The van der Waals surface area contributed by atoms with Crippen LogP contribution in [0.5, 0.6) is 0 Å². The molecule has 0 fully saturated rings. The van der Waals surface area contributed by atoms with E-state index in [1.165, 1.54) is 0 Å². The predicted molar refractivity (Wildman–Crippen MR) is 95.1 cm³/mol. The molecule has 0 atom stereocenters. The topological polar surface area (TPSA) is 54.9 Å². The van der Waals surface area contributed by atoms with Gasteiger partial charge in [-0.1, -0.05) is 32.4 Å². The zero-order valence-corrected chi connectivity index (χ0v) is 13.6. The minimum absolute atomic E-state index is 0.139. The molecule has 0 radical (unpaired) electrons. The number of anilines is 1. The van der Waals surface area contributed by atoms with Crippen LogP contribution in [0, 0.1) is 0 Å². The van der Waals surface area contributed by atoms with Crippen LogP contribution in [-0.2, 0) is 0 Å². The van der Waals surface area contributed by atoms with Crippen LogP contribution < -0.4 is 5.32 Å². The number of carbonyl (C=O) groups is 1. The third-order valence-electron chi connectivity index (χ3n) is 4.06. The Morgan fingerprint density at radius 3 is 2.78 bits per heavy atom. The van der Waals surface area contributed by atoms with Crippen LogP contribution >= 0.6 is 0 Å². The molecule has 2 aromatic heterocycles. The van der Waals surface area contributed by atoms with Gasteiger partial charge in [0.2, 0.25) is 0 Å². The number of hydrogen-bond donors (Lipinski definition) is 1. The standard InChI is InChI=1S/C19H21N3O/c1-3-5-9-21-19-15-8-10-20-12-16(15)14-7-6-13(18(23)4-2)11-17(14)22-19/h6-8,10-12H,3-5,9H2,1-2H3,(H,21,22). The van der Waals surface area contributed by atoms with E-state index < -0.39 is 0 Å². The molecule has 3 rings (SSSR count). The summed E-state index contributed by atoms with van der Waals surface area (Å²) in [6.45, 7) is 4.93. The van der Waals surface area contributed by atoms with Crippen molar-refractivity contribution >= 4 is 33.3 Å². The van der Waals surface area contributed by atoms with Crippen molar-refractivity contribution in [1.29, 1.82) is 0 Å². The number of rotatable bonds is 6. The Morgan fingerprint density at radius 2 is 2.00 bits per heavy atom. The summed E-state index contributed by atoms with van der Waals surface area (Å²) in [5.74, 6) is 1.00. The third-order valence-corrected chi connectivity index (χ3v) is 4.06. The molecule has 0 amide bonds. The molecule has 0 spiro atoms. The molecular formula is C19H21N3O. The SMILES string of the molecule is CCCCNc1nc2cc(C(=O)CC)ccc2c2cnccc12. The van der Waals surface area contributed by atoms with Gasteiger partial charge >= 0.3 is 0 Å². The number of fused-ring (bicyclic) bond motifs is 3. The number of benzene rings is 1. The number of carbonyl (C=O) groups excluding carboxylic acids is 1. The van der Waals surface area contributed by atoms with Gasteiger partial charge in [-0.2, -0.15) is 0 Å². The second-order valence-electron chi connectivity index (χ2n) is 5.67. The second kappa shape index (κ2) is 6.73. The Hall–Kier alpha value is -2.49. The summed E-state index contributed by atoms with van der Waals surface area (Å²) in [6.07, 6.45) is 6.39. The molecular weight excluding hydrogens is 286 g/mol. The van der Waals surface area contributed by atoms with Gasteiger partial charge < -0.3 is 5.32 Å². The average Bonchev–Trinajstić information content (AvgIpc) is 2.60. The smallest absolute Gasteiger partial charge is 0.162 e. The zero-order valence-electron chi connectivity index (χ0n) is 13.6. The molecule has 4 heteroatoms. The molecule has 0 unspecified atom stereocenters. The van der Waals surface area contributed by atoms with E-state index in [2.05, 4.69) is 17.2 Å². The second-order valence-corrected chi connectivity index (χ2v) is 5.67. The van der Waals surface area contributed by atoms with Crippen LogP contribution in [0.1, 0.15) is 43.5 Å². The summed E-state index contributed by atoms with van der Waals surface area (Å²) in [6, 6.07) is 7.73. The van der Waals surface area contributed by atoms with Gasteiger partial charge in [0.25, 0.3) is 0 Å². The fourth-order valence-corrected chi connectivity index (χ4v) is 2.74. The van der Waals surface area contributed by atoms with E-state index in [1.54, 1.807) is 6.20 Å². The van der Waals surface area contributed by atoms with Crippen molar-refractivity contribution in [2.24, 2.45) is 0 Å². The molecule has 2 heterocycles. The number of unbranched alkanes of at least 4 members (excludes halogenated alkanes) is 1. The number of ketones is 1. The first-order valence-corrected chi connectivity index (χ1v) is 8.19. The number of nitrogens with zero attached hydrogens (tertiary/aromatic N) is 2. The number of aromatic nitrogens is 2. The summed E-state index contributed by atoms with van der Waals surface area (Å²) < 4.78 is 0. The van der Waals surface area contributed by atoms with Crippen molar-refractivity contribution in [2.45, 2.75) is 33.1 Å². The lowest BCUT2D eigenvalue weighted by atomic mass is 10.0. The highest BCUT2D eigenvalue weighted by atomic mass is 16.1. The van der Waals surface area contributed by atoms with Crippen molar-refractivity contribution in [3.63, 3.8) is 0 Å². The van der Waals surface area contributed by atoms with Crippen LogP contribution in [0.3, 0.4) is 0 Å². The lowest BCUT2D eigenvalue weighted by Crippen LogP contribution is -2.04. The van der Waals surface area contributed by atoms with Crippen molar-refractivity contribution in [1.82, 2.24) is 9.97 Å². The molecule has 23 heavy (non-hydrogen) atoms. The third kappa shape index (κ3) is 3.02. The Bertz CT molecular complexity index is 858. The maximum atomic E-state index is 12.0. The van der Waals surface area contributed by atoms with Gasteiger partial charge in [0.05, 0.1) is 5.52 Å². The van der Waals surface area contributed by atoms with Crippen LogP contribution in [-0.4, -0.2) is 22.3 Å². The summed E-state index contributed by atoms with van der Waals surface area (Å²) in [4.78, 5) is 21.0.